The Hall–Kier alpha value is -2.70. The molecule has 102 valence electrons. The van der Waals surface area contributed by atoms with Crippen LogP contribution in [0.5, 0.6) is 11.6 Å². The van der Waals surface area contributed by atoms with Crippen LogP contribution in [0.1, 0.15) is 34.9 Å². The molecule has 0 radical (unpaired) electrons. The topological polar surface area (TPSA) is 105 Å². The molecule has 3 rings (SSSR count). The highest BCUT2D eigenvalue weighted by molar-refractivity contribution is 5.87. The number of H-pyrrole nitrogens is 1. The van der Waals surface area contributed by atoms with Gasteiger partial charge >= 0.3 is 5.97 Å². The predicted molar refractivity (Wildman–Crippen MR) is 68.1 cm³/mol. The standard InChI is InChI=1S/C13H11N3O4/c17-10-4-11(16-12(15-10)7-1-2-7)20-9-3-8(13(18)19)5-14-6-9/h3-7H,1-2H2,(H,18,19)(H,15,16,17). The molecular weight excluding hydrogens is 262 g/mol. The van der Waals surface area contributed by atoms with E-state index in [0.29, 0.717) is 5.82 Å². The summed E-state index contributed by atoms with van der Waals surface area (Å²) >= 11 is 0. The lowest BCUT2D eigenvalue weighted by Gasteiger charge is -2.06. The van der Waals surface area contributed by atoms with Crippen LogP contribution in [0.4, 0.5) is 0 Å². The van der Waals surface area contributed by atoms with E-state index in [0.717, 1.165) is 12.8 Å². The first kappa shape index (κ1) is 12.3. The van der Waals surface area contributed by atoms with Crippen molar-refractivity contribution in [2.24, 2.45) is 0 Å². The van der Waals surface area contributed by atoms with E-state index in [1.54, 1.807) is 0 Å². The SMILES string of the molecule is O=C(O)c1cncc(Oc2cc(=O)[nH]c(C3CC3)n2)c1. The second kappa shape index (κ2) is 4.76. The first-order valence-corrected chi connectivity index (χ1v) is 6.09. The molecule has 1 aliphatic carbocycles. The number of nitrogens with zero attached hydrogens (tertiary/aromatic N) is 2. The van der Waals surface area contributed by atoms with Gasteiger partial charge in [0.15, 0.2) is 0 Å². The third-order valence-electron chi connectivity index (χ3n) is 2.88. The fraction of sp³-hybridized carbons (Fsp3) is 0.231. The maximum Gasteiger partial charge on any atom is 0.337 e. The summed E-state index contributed by atoms with van der Waals surface area (Å²) in [5, 5.41) is 8.88. The number of ether oxygens (including phenoxy) is 1. The van der Waals surface area contributed by atoms with Crippen LogP contribution in [0.25, 0.3) is 0 Å². The number of hydrogen-bond donors (Lipinski definition) is 2. The molecular formula is C13H11N3O4. The van der Waals surface area contributed by atoms with Crippen LogP contribution in [0.2, 0.25) is 0 Å². The number of aromatic nitrogens is 3. The molecule has 2 aromatic rings. The van der Waals surface area contributed by atoms with Gasteiger partial charge in [-0.05, 0) is 18.9 Å². The van der Waals surface area contributed by atoms with Crippen molar-refractivity contribution in [3.8, 4) is 11.6 Å². The zero-order valence-corrected chi connectivity index (χ0v) is 10.4. The quantitative estimate of drug-likeness (QED) is 0.875. The molecule has 0 aliphatic heterocycles. The molecule has 0 aromatic carbocycles. The summed E-state index contributed by atoms with van der Waals surface area (Å²) in [6, 6.07) is 2.55. The summed E-state index contributed by atoms with van der Waals surface area (Å²) in [7, 11) is 0. The number of carboxylic acid groups (broad SMARTS) is 1. The van der Waals surface area contributed by atoms with Crippen molar-refractivity contribution in [3.05, 3.63) is 46.3 Å². The summed E-state index contributed by atoms with van der Waals surface area (Å²) in [4.78, 5) is 33.0. The van der Waals surface area contributed by atoms with Crippen molar-refractivity contribution in [1.82, 2.24) is 15.0 Å². The lowest BCUT2D eigenvalue weighted by molar-refractivity contribution is 0.0696. The highest BCUT2D eigenvalue weighted by Crippen LogP contribution is 2.38. The smallest absolute Gasteiger partial charge is 0.337 e. The van der Waals surface area contributed by atoms with Crippen LogP contribution in [-0.4, -0.2) is 26.0 Å². The van der Waals surface area contributed by atoms with Gasteiger partial charge in [0.2, 0.25) is 5.88 Å². The van der Waals surface area contributed by atoms with Crippen molar-refractivity contribution in [2.45, 2.75) is 18.8 Å². The second-order valence-electron chi connectivity index (χ2n) is 4.56. The van der Waals surface area contributed by atoms with Gasteiger partial charge in [-0.2, -0.15) is 4.98 Å². The Morgan fingerprint density at radius 1 is 1.35 bits per heavy atom. The number of aromatic carboxylic acids is 1. The minimum atomic E-state index is -1.10. The monoisotopic (exact) mass is 273 g/mol. The van der Waals surface area contributed by atoms with E-state index in [1.165, 1.54) is 24.5 Å². The van der Waals surface area contributed by atoms with Crippen LogP contribution in [-0.2, 0) is 0 Å². The highest BCUT2D eigenvalue weighted by atomic mass is 16.5. The molecule has 1 saturated carbocycles. The van der Waals surface area contributed by atoms with Crippen LogP contribution in [0, 0.1) is 0 Å². The van der Waals surface area contributed by atoms with Crippen LogP contribution >= 0.6 is 0 Å². The van der Waals surface area contributed by atoms with Crippen LogP contribution in [0.15, 0.2) is 29.3 Å². The van der Waals surface area contributed by atoms with E-state index in [9.17, 15) is 9.59 Å². The second-order valence-corrected chi connectivity index (χ2v) is 4.56. The third kappa shape index (κ3) is 2.66. The normalized spacial score (nSPS) is 14.0. The average molecular weight is 273 g/mol. The van der Waals surface area contributed by atoms with Gasteiger partial charge < -0.3 is 14.8 Å². The molecule has 20 heavy (non-hydrogen) atoms. The van der Waals surface area contributed by atoms with Gasteiger partial charge in [-0.15, -0.1) is 0 Å². The van der Waals surface area contributed by atoms with Crippen molar-refractivity contribution in [2.75, 3.05) is 0 Å². The number of hydrogen-bond acceptors (Lipinski definition) is 5. The molecule has 0 amide bonds. The molecule has 7 heteroatoms. The Morgan fingerprint density at radius 3 is 2.85 bits per heavy atom. The van der Waals surface area contributed by atoms with Gasteiger partial charge in [0, 0.05) is 12.1 Å². The zero-order chi connectivity index (χ0) is 14.1. The van der Waals surface area contributed by atoms with Gasteiger partial charge in [-0.1, -0.05) is 0 Å². The number of rotatable bonds is 4. The summed E-state index contributed by atoms with van der Waals surface area (Å²) < 4.78 is 5.41. The first-order valence-electron chi connectivity index (χ1n) is 6.09. The fourth-order valence-electron chi connectivity index (χ4n) is 1.77. The Bertz CT molecular complexity index is 722. The summed E-state index contributed by atoms with van der Waals surface area (Å²) in [6.07, 6.45) is 4.59. The molecule has 2 N–H and O–H groups in total. The maximum absolute atomic E-state index is 11.5. The first-order chi connectivity index (χ1) is 9.61. The molecule has 0 bridgehead atoms. The molecule has 0 atom stereocenters. The summed E-state index contributed by atoms with van der Waals surface area (Å²) in [5.74, 6) is 0.162. The number of pyridine rings is 1. The van der Waals surface area contributed by atoms with Gasteiger partial charge in [0.1, 0.15) is 11.6 Å². The largest absolute Gasteiger partial charge is 0.478 e. The Kier molecular flexibility index (Phi) is 2.94. The van der Waals surface area contributed by atoms with Gasteiger partial charge in [-0.3, -0.25) is 9.78 Å². The maximum atomic E-state index is 11.5. The van der Waals surface area contributed by atoms with E-state index in [1.807, 2.05) is 0 Å². The van der Waals surface area contributed by atoms with Gasteiger partial charge in [0.25, 0.3) is 5.56 Å². The number of carbonyl (C=O) groups is 1. The Morgan fingerprint density at radius 2 is 2.15 bits per heavy atom. The minimum absolute atomic E-state index is 0.00903. The molecule has 1 aliphatic rings. The lowest BCUT2D eigenvalue weighted by atomic mass is 10.3. The van der Waals surface area contributed by atoms with Crippen molar-refractivity contribution in [3.63, 3.8) is 0 Å². The summed E-state index contributed by atoms with van der Waals surface area (Å²) in [5.41, 5.74) is -0.283. The number of carboxylic acids is 1. The van der Waals surface area contributed by atoms with Gasteiger partial charge in [-0.25, -0.2) is 4.79 Å². The van der Waals surface area contributed by atoms with E-state index in [2.05, 4.69) is 15.0 Å². The van der Waals surface area contributed by atoms with E-state index < -0.39 is 5.97 Å². The lowest BCUT2D eigenvalue weighted by Crippen LogP contribution is -2.10. The predicted octanol–water partition coefficient (Wildman–Crippen LogP) is 1.53. The summed E-state index contributed by atoms with van der Waals surface area (Å²) in [6.45, 7) is 0. The Labute approximate surface area is 113 Å². The van der Waals surface area contributed by atoms with E-state index >= 15 is 0 Å². The molecule has 2 heterocycles. The molecule has 0 unspecified atom stereocenters. The van der Waals surface area contributed by atoms with Crippen molar-refractivity contribution in [1.29, 1.82) is 0 Å². The van der Waals surface area contributed by atoms with E-state index in [4.69, 9.17) is 9.84 Å². The highest BCUT2D eigenvalue weighted by Gasteiger charge is 2.26. The molecule has 0 saturated heterocycles. The zero-order valence-electron chi connectivity index (χ0n) is 10.4. The average Bonchev–Trinajstić information content (AvgIpc) is 3.22. The fourth-order valence-corrected chi connectivity index (χ4v) is 1.77. The van der Waals surface area contributed by atoms with Crippen LogP contribution < -0.4 is 10.3 Å². The van der Waals surface area contributed by atoms with E-state index in [-0.39, 0.29) is 28.7 Å². The Balaban J connectivity index is 1.89. The number of aromatic amines is 1. The molecule has 0 spiro atoms. The van der Waals surface area contributed by atoms with Crippen molar-refractivity contribution >= 4 is 5.97 Å². The molecule has 7 nitrogen and oxygen atoms in total. The molecule has 1 fully saturated rings. The van der Waals surface area contributed by atoms with Crippen molar-refractivity contribution < 1.29 is 14.6 Å². The molecule has 2 aromatic heterocycles. The third-order valence-corrected chi connectivity index (χ3v) is 2.88. The minimum Gasteiger partial charge on any atom is -0.478 e. The van der Waals surface area contributed by atoms with Gasteiger partial charge in [0.05, 0.1) is 17.8 Å². The number of nitrogens with one attached hydrogen (secondary N) is 1. The van der Waals surface area contributed by atoms with Crippen LogP contribution in [0.3, 0.4) is 0 Å².